The van der Waals surface area contributed by atoms with Gasteiger partial charge >= 0.3 is 0 Å². The van der Waals surface area contributed by atoms with E-state index in [1.54, 1.807) is 0 Å². The molecule has 6 aliphatic rings. The third kappa shape index (κ3) is 3.27. The summed E-state index contributed by atoms with van der Waals surface area (Å²) < 4.78 is 3.13. The van der Waals surface area contributed by atoms with Gasteiger partial charge in [0.15, 0.2) is 12.2 Å². The van der Waals surface area contributed by atoms with E-state index < -0.39 is 24.7 Å². The zero-order valence-electron chi connectivity index (χ0n) is 19.5. The molecule has 4 bridgehead atoms. The van der Waals surface area contributed by atoms with Crippen LogP contribution in [0.15, 0.2) is 0 Å². The van der Waals surface area contributed by atoms with Gasteiger partial charge in [0, 0.05) is 0 Å². The van der Waals surface area contributed by atoms with Crippen molar-refractivity contribution in [2.45, 2.75) is 64.4 Å². The molecule has 0 aromatic heterocycles. The first-order valence-electron chi connectivity index (χ1n) is 12.2. The first-order valence-corrected chi connectivity index (χ1v) is 12.2. The standard InChI is InChI=1S/C22H46N4O4/c1-17(2)23-5-11-25(12-6-23,13-7-23)21(29)19(27)20(28)22(30)26-14-8-24(9-15-26,10-16-26)18(3)4/h17-22,27-30H,5-16H2,1-4H3/q+4/t19-,20-,21-,22-,23?,24?,25?,26?/m0/s1. The van der Waals surface area contributed by atoms with Crippen molar-refractivity contribution in [3.05, 3.63) is 0 Å². The molecule has 174 valence electrons. The van der Waals surface area contributed by atoms with E-state index in [1.807, 2.05) is 0 Å². The summed E-state index contributed by atoms with van der Waals surface area (Å²) in [6.07, 6.45) is -4.72. The van der Waals surface area contributed by atoms with E-state index >= 15 is 0 Å². The number of quaternary nitrogens is 4. The quantitative estimate of drug-likeness (QED) is 0.370. The normalized spacial score (nSPS) is 45.0. The highest BCUT2D eigenvalue weighted by Gasteiger charge is 2.59. The average molecular weight is 431 g/mol. The van der Waals surface area contributed by atoms with Gasteiger partial charge in [0.25, 0.3) is 0 Å². The van der Waals surface area contributed by atoms with Crippen molar-refractivity contribution in [1.29, 1.82) is 0 Å². The fraction of sp³-hybridized carbons (Fsp3) is 1.00. The van der Waals surface area contributed by atoms with E-state index in [0.717, 1.165) is 87.5 Å². The summed E-state index contributed by atoms with van der Waals surface area (Å²) in [5.41, 5.74) is 0. The molecular weight excluding hydrogens is 384 g/mol. The zero-order valence-corrected chi connectivity index (χ0v) is 19.5. The molecule has 0 aromatic rings. The summed E-state index contributed by atoms with van der Waals surface area (Å²) in [4.78, 5) is 0. The van der Waals surface area contributed by atoms with Crippen molar-refractivity contribution in [1.82, 2.24) is 0 Å². The fourth-order valence-corrected chi connectivity index (χ4v) is 7.08. The van der Waals surface area contributed by atoms with Crippen molar-refractivity contribution in [2.24, 2.45) is 0 Å². The molecule has 4 atom stereocenters. The lowest BCUT2D eigenvalue weighted by Crippen LogP contribution is -2.82. The molecule has 6 saturated heterocycles. The molecule has 0 spiro atoms. The van der Waals surface area contributed by atoms with Crippen molar-refractivity contribution in [3.8, 4) is 0 Å². The van der Waals surface area contributed by atoms with Gasteiger partial charge in [0.05, 0.1) is 12.1 Å². The predicted octanol–water partition coefficient (Wildman–Crippen LogP) is -1.52. The summed E-state index contributed by atoms with van der Waals surface area (Å²) in [7, 11) is 0. The van der Waals surface area contributed by atoms with Gasteiger partial charge < -0.3 is 29.4 Å². The summed E-state index contributed by atoms with van der Waals surface area (Å²) in [6.45, 7) is 20.1. The molecule has 0 aromatic carbocycles. The van der Waals surface area contributed by atoms with Crippen LogP contribution in [0.25, 0.3) is 0 Å². The highest BCUT2D eigenvalue weighted by atomic mass is 16.4. The van der Waals surface area contributed by atoms with Gasteiger partial charge in [0.2, 0.25) is 12.5 Å². The molecule has 0 amide bonds. The van der Waals surface area contributed by atoms with Gasteiger partial charge in [-0.25, -0.2) is 0 Å². The van der Waals surface area contributed by atoms with Gasteiger partial charge in [-0.05, 0) is 27.7 Å². The summed E-state index contributed by atoms with van der Waals surface area (Å²) in [6, 6.07) is 1.15. The molecule has 6 aliphatic heterocycles. The van der Waals surface area contributed by atoms with Crippen LogP contribution in [0.1, 0.15) is 27.7 Å². The Hall–Kier alpha value is -0.320. The van der Waals surface area contributed by atoms with Crippen molar-refractivity contribution >= 4 is 0 Å². The van der Waals surface area contributed by atoms with Crippen LogP contribution in [0.4, 0.5) is 0 Å². The minimum atomic E-state index is -1.32. The lowest BCUT2D eigenvalue weighted by molar-refractivity contribution is -1.11. The minimum Gasteiger partial charge on any atom is -0.381 e. The molecule has 8 nitrogen and oxygen atoms in total. The number of hydrogen-bond donors (Lipinski definition) is 4. The van der Waals surface area contributed by atoms with Crippen LogP contribution >= 0.6 is 0 Å². The number of hydrogen-bond acceptors (Lipinski definition) is 4. The largest absolute Gasteiger partial charge is 0.381 e. The number of aliphatic hydroxyl groups is 4. The Balaban J connectivity index is 1.42. The molecular formula is C22H46N4O4+4. The van der Waals surface area contributed by atoms with E-state index in [1.165, 1.54) is 0 Å². The lowest BCUT2D eigenvalue weighted by atomic mass is 9.97. The van der Waals surface area contributed by atoms with Gasteiger partial charge in [-0.3, -0.25) is 8.97 Å². The van der Waals surface area contributed by atoms with Gasteiger partial charge in [0.1, 0.15) is 78.5 Å². The smallest absolute Gasteiger partial charge is 0.220 e. The Labute approximate surface area is 181 Å². The van der Waals surface area contributed by atoms with Crippen LogP contribution in [0.2, 0.25) is 0 Å². The number of piperazine rings is 6. The number of fused-ring (bicyclic) bond motifs is 6. The van der Waals surface area contributed by atoms with E-state index in [-0.39, 0.29) is 0 Å². The Kier molecular flexibility index (Phi) is 5.81. The maximum absolute atomic E-state index is 11.2. The van der Waals surface area contributed by atoms with Crippen LogP contribution in [-0.4, -0.2) is 154 Å². The van der Waals surface area contributed by atoms with E-state index in [2.05, 4.69) is 27.7 Å². The molecule has 30 heavy (non-hydrogen) atoms. The zero-order chi connectivity index (χ0) is 21.9. The van der Waals surface area contributed by atoms with E-state index in [0.29, 0.717) is 21.0 Å². The number of aliphatic hydroxyl groups excluding tert-OH is 4. The highest BCUT2D eigenvalue weighted by Crippen LogP contribution is 2.35. The first kappa shape index (κ1) is 22.9. The average Bonchev–Trinajstić information content (AvgIpc) is 2.79. The van der Waals surface area contributed by atoms with Crippen molar-refractivity contribution in [2.75, 3.05) is 78.5 Å². The molecule has 8 heteroatoms. The van der Waals surface area contributed by atoms with Crippen molar-refractivity contribution < 1.29 is 38.4 Å². The Morgan fingerprint density at radius 2 is 0.600 bits per heavy atom. The second-order valence-electron chi connectivity index (χ2n) is 11.6. The third-order valence-electron chi connectivity index (χ3n) is 10.2. The second kappa shape index (κ2) is 7.63. The van der Waals surface area contributed by atoms with Gasteiger partial charge in [-0.15, -0.1) is 0 Å². The molecule has 6 heterocycles. The van der Waals surface area contributed by atoms with Crippen LogP contribution in [0, 0.1) is 0 Å². The monoisotopic (exact) mass is 430 g/mol. The summed E-state index contributed by atoms with van der Waals surface area (Å²) in [5.74, 6) is 0. The van der Waals surface area contributed by atoms with E-state index in [9.17, 15) is 20.4 Å². The van der Waals surface area contributed by atoms with Crippen LogP contribution in [-0.2, 0) is 0 Å². The molecule has 0 unspecified atom stereocenters. The fourth-order valence-electron chi connectivity index (χ4n) is 7.08. The SMILES string of the molecule is CC(C)[N+]12CC[N+]([C@@H](O)[C@@H](O)[C@H](O)[C@H](O)[N+]34CC[N+](C(C)C)(CC3)CC4)(CC1)CC2. The van der Waals surface area contributed by atoms with Crippen LogP contribution in [0.3, 0.4) is 0 Å². The molecule has 4 N–H and O–H groups in total. The Bertz CT molecular complexity index is 540. The first-order chi connectivity index (χ1) is 14.0. The highest BCUT2D eigenvalue weighted by molar-refractivity contribution is 4.79. The molecule has 6 rings (SSSR count). The van der Waals surface area contributed by atoms with Crippen LogP contribution in [0.5, 0.6) is 0 Å². The Morgan fingerprint density at radius 3 is 0.800 bits per heavy atom. The summed E-state index contributed by atoms with van der Waals surface area (Å²) in [5, 5.41) is 44.3. The third-order valence-corrected chi connectivity index (χ3v) is 10.2. The molecule has 0 aliphatic carbocycles. The topological polar surface area (TPSA) is 80.9 Å². The Morgan fingerprint density at radius 1 is 0.400 bits per heavy atom. The molecule has 0 radical (unpaired) electrons. The lowest BCUT2D eigenvalue weighted by Gasteiger charge is -2.60. The van der Waals surface area contributed by atoms with Gasteiger partial charge in [-0.2, -0.15) is 0 Å². The number of rotatable bonds is 7. The minimum absolute atomic E-state index is 0.463. The van der Waals surface area contributed by atoms with E-state index in [4.69, 9.17) is 0 Å². The second-order valence-corrected chi connectivity index (χ2v) is 11.6. The predicted molar refractivity (Wildman–Crippen MR) is 114 cm³/mol. The van der Waals surface area contributed by atoms with Crippen LogP contribution < -0.4 is 0 Å². The molecule has 6 fully saturated rings. The maximum atomic E-state index is 11.2. The van der Waals surface area contributed by atoms with Crippen molar-refractivity contribution in [3.63, 3.8) is 0 Å². The number of nitrogens with zero attached hydrogens (tertiary/aromatic N) is 4. The van der Waals surface area contributed by atoms with Gasteiger partial charge in [-0.1, -0.05) is 0 Å². The summed E-state index contributed by atoms with van der Waals surface area (Å²) >= 11 is 0. The maximum Gasteiger partial charge on any atom is 0.220 e. The molecule has 0 saturated carbocycles.